The Balaban J connectivity index is 1.57. The summed E-state index contributed by atoms with van der Waals surface area (Å²) in [7, 11) is 0. The zero-order valence-electron chi connectivity index (χ0n) is 14.9. The molecule has 2 bridgehead atoms. The van der Waals surface area contributed by atoms with E-state index in [0.717, 1.165) is 50.3 Å². The quantitative estimate of drug-likeness (QED) is 0.868. The number of hydrogen-bond donors (Lipinski definition) is 2. The lowest BCUT2D eigenvalue weighted by molar-refractivity contribution is -0.196. The largest absolute Gasteiger partial charge is 0.504 e. The van der Waals surface area contributed by atoms with Gasteiger partial charge in [0.25, 0.3) is 0 Å². The van der Waals surface area contributed by atoms with Crippen LogP contribution in [0.15, 0.2) is 12.1 Å². The van der Waals surface area contributed by atoms with Crippen molar-refractivity contribution in [2.75, 3.05) is 13.1 Å². The lowest BCUT2D eigenvalue weighted by atomic mass is 9.47. The Hall–Kier alpha value is -1.26. The first-order valence-electron chi connectivity index (χ1n) is 10.0. The van der Waals surface area contributed by atoms with E-state index < -0.39 is 5.60 Å². The number of hydrogen-bond acceptors (Lipinski definition) is 4. The Morgan fingerprint density at radius 1 is 1.24 bits per heavy atom. The Labute approximate surface area is 148 Å². The number of rotatable bonds is 2. The Morgan fingerprint density at radius 2 is 2.08 bits per heavy atom. The van der Waals surface area contributed by atoms with Crippen LogP contribution in [0, 0.1) is 11.8 Å². The van der Waals surface area contributed by atoms with Crippen LogP contribution in [0.25, 0.3) is 0 Å². The summed E-state index contributed by atoms with van der Waals surface area (Å²) < 4.78 is 6.39. The normalized spacial score (nSPS) is 44.3. The van der Waals surface area contributed by atoms with Crippen molar-refractivity contribution in [3.8, 4) is 11.5 Å². The first kappa shape index (κ1) is 14.9. The van der Waals surface area contributed by atoms with Gasteiger partial charge in [0, 0.05) is 18.2 Å². The second-order valence-corrected chi connectivity index (χ2v) is 9.31. The Kier molecular flexibility index (Phi) is 2.69. The van der Waals surface area contributed by atoms with E-state index in [9.17, 15) is 10.2 Å². The molecule has 2 N–H and O–H groups in total. The van der Waals surface area contributed by atoms with Crippen LogP contribution >= 0.6 is 0 Å². The van der Waals surface area contributed by atoms with Gasteiger partial charge >= 0.3 is 0 Å². The molecule has 1 spiro atoms. The molecule has 2 aliphatic heterocycles. The zero-order valence-corrected chi connectivity index (χ0v) is 14.9. The van der Waals surface area contributed by atoms with Gasteiger partial charge in [0.2, 0.25) is 0 Å². The summed E-state index contributed by atoms with van der Waals surface area (Å²) in [5.41, 5.74) is 1.40. The lowest BCUT2D eigenvalue weighted by Crippen LogP contribution is -2.76. The molecule has 1 aromatic carbocycles. The molecule has 3 aliphatic carbocycles. The lowest BCUT2D eigenvalue weighted by Gasteiger charge is -2.64. The van der Waals surface area contributed by atoms with Gasteiger partial charge in [-0.15, -0.1) is 0 Å². The monoisotopic (exact) mass is 341 g/mol. The fraction of sp³-hybridized carbons (Fsp3) is 0.714. The fourth-order valence-corrected chi connectivity index (χ4v) is 6.73. The number of phenolic OH excluding ortho intramolecular Hbond substituents is 1. The van der Waals surface area contributed by atoms with Gasteiger partial charge in [-0.25, -0.2) is 0 Å². The number of phenols is 1. The van der Waals surface area contributed by atoms with E-state index in [4.69, 9.17) is 4.74 Å². The molecular weight excluding hydrogens is 314 g/mol. The standard InChI is InChI=1S/C21H27NO3/c1-12-6-7-21(24)16-10-14-4-5-15(23)18-17(14)20(21,19(12)25-18)8-9-22(16)11-13-2-3-13/h4-5,12-13,16,19,23-24H,2-3,6-11H2,1H3/t12-,16+,19?,20-,21+/m1/s1. The van der Waals surface area contributed by atoms with Gasteiger partial charge in [-0.05, 0) is 68.5 Å². The van der Waals surface area contributed by atoms with Crippen molar-refractivity contribution in [3.63, 3.8) is 0 Å². The molecule has 1 aromatic rings. The third-order valence-electron chi connectivity index (χ3n) is 8.06. The molecule has 0 amide bonds. The zero-order chi connectivity index (χ0) is 17.0. The van der Waals surface area contributed by atoms with E-state index in [0.29, 0.717) is 11.7 Å². The maximum atomic E-state index is 12.1. The maximum Gasteiger partial charge on any atom is 0.165 e. The molecular formula is C21H27NO3. The summed E-state index contributed by atoms with van der Waals surface area (Å²) in [5.74, 6) is 2.17. The second kappa shape index (κ2) is 4.52. The second-order valence-electron chi connectivity index (χ2n) is 9.31. The minimum Gasteiger partial charge on any atom is -0.504 e. The first-order valence-corrected chi connectivity index (χ1v) is 10.0. The van der Waals surface area contributed by atoms with Crippen molar-refractivity contribution in [1.82, 2.24) is 4.90 Å². The van der Waals surface area contributed by atoms with E-state index in [1.165, 1.54) is 18.4 Å². The molecule has 3 fully saturated rings. The molecule has 2 heterocycles. The number of benzene rings is 1. The highest BCUT2D eigenvalue weighted by atomic mass is 16.5. The fourth-order valence-electron chi connectivity index (χ4n) is 6.73. The average molecular weight is 341 g/mol. The predicted molar refractivity (Wildman–Crippen MR) is 94.0 cm³/mol. The first-order chi connectivity index (χ1) is 12.0. The van der Waals surface area contributed by atoms with Gasteiger partial charge in [0.1, 0.15) is 6.10 Å². The number of nitrogens with zero attached hydrogens (tertiary/aromatic N) is 1. The number of ether oxygens (including phenoxy) is 1. The minimum absolute atomic E-state index is 0.000764. The van der Waals surface area contributed by atoms with E-state index in [-0.39, 0.29) is 23.3 Å². The number of aromatic hydroxyl groups is 1. The van der Waals surface area contributed by atoms with Gasteiger partial charge in [0.15, 0.2) is 11.5 Å². The molecule has 2 saturated carbocycles. The summed E-state index contributed by atoms with van der Waals surface area (Å²) in [6.07, 6.45) is 6.39. The Bertz CT molecular complexity index is 760. The highest BCUT2D eigenvalue weighted by Gasteiger charge is 2.72. The highest BCUT2D eigenvalue weighted by Crippen LogP contribution is 2.66. The molecule has 5 atom stereocenters. The van der Waals surface area contributed by atoms with Crippen LogP contribution in [0.3, 0.4) is 0 Å². The summed E-state index contributed by atoms with van der Waals surface area (Å²) >= 11 is 0. The summed E-state index contributed by atoms with van der Waals surface area (Å²) in [5, 5.41) is 22.6. The molecule has 6 rings (SSSR count). The van der Waals surface area contributed by atoms with Crippen LogP contribution < -0.4 is 4.74 Å². The molecule has 25 heavy (non-hydrogen) atoms. The molecule has 1 saturated heterocycles. The van der Waals surface area contributed by atoms with E-state index >= 15 is 0 Å². The van der Waals surface area contributed by atoms with Gasteiger partial charge in [-0.1, -0.05) is 13.0 Å². The van der Waals surface area contributed by atoms with Crippen LogP contribution in [0.5, 0.6) is 11.5 Å². The van der Waals surface area contributed by atoms with Crippen LogP contribution in [-0.4, -0.2) is 45.9 Å². The molecule has 5 aliphatic rings. The predicted octanol–water partition coefficient (Wildman–Crippen LogP) is 2.59. The van der Waals surface area contributed by atoms with E-state index in [1.807, 2.05) is 0 Å². The summed E-state index contributed by atoms with van der Waals surface area (Å²) in [4.78, 5) is 2.59. The van der Waals surface area contributed by atoms with Crippen LogP contribution in [0.2, 0.25) is 0 Å². The molecule has 134 valence electrons. The van der Waals surface area contributed by atoms with Crippen molar-refractivity contribution in [1.29, 1.82) is 0 Å². The smallest absolute Gasteiger partial charge is 0.165 e. The maximum absolute atomic E-state index is 12.1. The van der Waals surface area contributed by atoms with E-state index in [2.05, 4.69) is 17.9 Å². The third kappa shape index (κ3) is 1.62. The minimum atomic E-state index is -0.719. The topological polar surface area (TPSA) is 52.9 Å². The Morgan fingerprint density at radius 3 is 2.88 bits per heavy atom. The van der Waals surface area contributed by atoms with Crippen LogP contribution in [0.1, 0.15) is 50.2 Å². The highest BCUT2D eigenvalue weighted by molar-refractivity contribution is 5.62. The average Bonchev–Trinajstić information content (AvgIpc) is 3.32. The molecule has 4 heteroatoms. The summed E-state index contributed by atoms with van der Waals surface area (Å²) in [6.45, 7) is 4.44. The number of likely N-dealkylation sites (tertiary alicyclic amines) is 1. The van der Waals surface area contributed by atoms with Crippen molar-refractivity contribution in [2.45, 2.75) is 68.6 Å². The van der Waals surface area contributed by atoms with Crippen LogP contribution in [0.4, 0.5) is 0 Å². The van der Waals surface area contributed by atoms with Crippen molar-refractivity contribution in [3.05, 3.63) is 23.3 Å². The molecule has 1 unspecified atom stereocenters. The SMILES string of the molecule is C[C@@H]1CC[C@]2(O)[C@@H]3Cc4ccc(O)c5c4[C@]2(CCN3CC2CC2)C1O5. The molecule has 0 radical (unpaired) electrons. The van der Waals surface area contributed by atoms with Gasteiger partial charge in [-0.2, -0.15) is 0 Å². The number of aliphatic hydroxyl groups is 1. The van der Waals surface area contributed by atoms with E-state index in [1.54, 1.807) is 6.07 Å². The third-order valence-corrected chi connectivity index (χ3v) is 8.06. The van der Waals surface area contributed by atoms with Crippen molar-refractivity contribution < 1.29 is 14.9 Å². The van der Waals surface area contributed by atoms with Gasteiger partial charge in [-0.3, -0.25) is 4.90 Å². The number of piperidine rings is 1. The molecule has 0 aromatic heterocycles. The molecule has 4 nitrogen and oxygen atoms in total. The van der Waals surface area contributed by atoms with Crippen LogP contribution in [-0.2, 0) is 11.8 Å². The van der Waals surface area contributed by atoms with Gasteiger partial charge in [0.05, 0.1) is 11.0 Å². The van der Waals surface area contributed by atoms with Crippen molar-refractivity contribution in [2.24, 2.45) is 11.8 Å². The summed E-state index contributed by atoms with van der Waals surface area (Å²) in [6, 6.07) is 4.06. The van der Waals surface area contributed by atoms with Crippen molar-refractivity contribution >= 4 is 0 Å². The van der Waals surface area contributed by atoms with Gasteiger partial charge < -0.3 is 14.9 Å².